The van der Waals surface area contributed by atoms with Crippen molar-refractivity contribution in [1.82, 2.24) is 0 Å². The summed E-state index contributed by atoms with van der Waals surface area (Å²) in [5, 5.41) is 0. The maximum Gasteiger partial charge on any atom is 0.302 e. The highest BCUT2D eigenvalue weighted by molar-refractivity contribution is 5.66. The third kappa shape index (κ3) is 4.32. The van der Waals surface area contributed by atoms with Gasteiger partial charge in [0, 0.05) is 32.6 Å². The smallest absolute Gasteiger partial charge is 0.302 e. The lowest BCUT2D eigenvalue weighted by Gasteiger charge is -2.58. The molecule has 4 aliphatic carbocycles. The molecule has 1 unspecified atom stereocenters. The zero-order chi connectivity index (χ0) is 25.8. The average Bonchev–Trinajstić information content (AvgIpc) is 3.29. The molecule has 0 spiro atoms. The lowest BCUT2D eigenvalue weighted by Crippen LogP contribution is -2.50. The molecule has 5 nitrogen and oxygen atoms in total. The Morgan fingerprint density at radius 3 is 2.64 bits per heavy atom. The fourth-order valence-corrected chi connectivity index (χ4v) is 9.27. The second kappa shape index (κ2) is 9.51. The van der Waals surface area contributed by atoms with Crippen LogP contribution < -0.4 is 0 Å². The van der Waals surface area contributed by atoms with Gasteiger partial charge in [-0.3, -0.25) is 9.59 Å². The van der Waals surface area contributed by atoms with E-state index in [2.05, 4.69) is 33.8 Å². The Kier molecular flexibility index (Phi) is 6.83. The van der Waals surface area contributed by atoms with Crippen molar-refractivity contribution in [1.29, 1.82) is 0 Å². The minimum absolute atomic E-state index is 0.0643. The van der Waals surface area contributed by atoms with Crippen LogP contribution in [0, 0.1) is 40.4 Å². The molecule has 0 aromatic heterocycles. The van der Waals surface area contributed by atoms with E-state index in [0.717, 1.165) is 43.9 Å². The molecular weight excluding hydrogens is 452 g/mol. The largest absolute Gasteiger partial charge is 0.494 e. The highest BCUT2D eigenvalue weighted by Crippen LogP contribution is 2.69. The van der Waals surface area contributed by atoms with E-state index in [1.54, 1.807) is 5.57 Å². The summed E-state index contributed by atoms with van der Waals surface area (Å²) in [6.07, 6.45) is 12.9. The van der Waals surface area contributed by atoms with Gasteiger partial charge in [0.1, 0.15) is 12.2 Å². The number of hydrogen-bond donors (Lipinski definition) is 0. The number of rotatable bonds is 6. The molecule has 5 aliphatic rings. The Labute approximate surface area is 217 Å². The van der Waals surface area contributed by atoms with E-state index in [4.69, 9.17) is 14.2 Å². The van der Waals surface area contributed by atoms with E-state index in [1.807, 2.05) is 0 Å². The van der Waals surface area contributed by atoms with Crippen molar-refractivity contribution in [3.8, 4) is 0 Å². The first-order valence-electron chi connectivity index (χ1n) is 14.4. The normalized spacial score (nSPS) is 41.8. The molecule has 0 N–H and O–H groups in total. The summed E-state index contributed by atoms with van der Waals surface area (Å²) in [6, 6.07) is 0. The van der Waals surface area contributed by atoms with Crippen LogP contribution in [0.3, 0.4) is 0 Å². The van der Waals surface area contributed by atoms with Gasteiger partial charge in [-0.25, -0.2) is 0 Å². The molecule has 1 aliphatic heterocycles. The van der Waals surface area contributed by atoms with Crippen molar-refractivity contribution in [2.75, 3.05) is 6.61 Å². The lowest BCUT2D eigenvalue weighted by atomic mass is 9.47. The molecule has 0 aromatic rings. The van der Waals surface area contributed by atoms with Gasteiger partial charge < -0.3 is 14.2 Å². The lowest BCUT2D eigenvalue weighted by molar-refractivity contribution is -0.148. The Morgan fingerprint density at radius 2 is 1.92 bits per heavy atom. The molecule has 0 saturated heterocycles. The summed E-state index contributed by atoms with van der Waals surface area (Å²) in [4.78, 5) is 22.7. The van der Waals surface area contributed by atoms with Crippen LogP contribution in [-0.2, 0) is 23.8 Å². The van der Waals surface area contributed by atoms with Crippen LogP contribution in [0.2, 0.25) is 0 Å². The molecule has 0 bridgehead atoms. The minimum atomic E-state index is -0.200. The summed E-state index contributed by atoms with van der Waals surface area (Å²) in [6.45, 7) is 13.1. The highest BCUT2D eigenvalue weighted by Gasteiger charge is 2.63. The van der Waals surface area contributed by atoms with Gasteiger partial charge in [0.15, 0.2) is 0 Å². The van der Waals surface area contributed by atoms with Gasteiger partial charge in [0.25, 0.3) is 0 Å². The quantitative estimate of drug-likeness (QED) is 0.299. The number of carbonyl (C=O) groups is 2. The van der Waals surface area contributed by atoms with E-state index in [-0.39, 0.29) is 23.5 Å². The molecule has 5 heteroatoms. The van der Waals surface area contributed by atoms with Crippen LogP contribution in [0.4, 0.5) is 0 Å². The Morgan fingerprint density at radius 1 is 1.14 bits per heavy atom. The molecule has 1 heterocycles. The third-order valence-electron chi connectivity index (χ3n) is 11.0. The predicted octanol–water partition coefficient (Wildman–Crippen LogP) is 6.76. The maximum absolute atomic E-state index is 11.5. The molecule has 0 aromatic carbocycles. The summed E-state index contributed by atoms with van der Waals surface area (Å²) in [7, 11) is 0. The van der Waals surface area contributed by atoms with Crippen LogP contribution >= 0.6 is 0 Å². The predicted molar refractivity (Wildman–Crippen MR) is 139 cm³/mol. The van der Waals surface area contributed by atoms with E-state index >= 15 is 0 Å². The standard InChI is InChI=1S/C31H46O5/c1-18(17-34-20(3)32)7-10-27-19(2)29-28(36-27)16-26-24-9-8-22-15-23(35-21(4)33)11-13-30(22,5)25(24)12-14-31(26,29)6/h8,18,23-26,28-29H,7,9-17H2,1-6H3/t18?,23-,24+,25-,26-,28-,29-,30-,31-/m0/s1. The van der Waals surface area contributed by atoms with Crippen LogP contribution in [0.5, 0.6) is 0 Å². The third-order valence-corrected chi connectivity index (χ3v) is 11.0. The molecule has 3 fully saturated rings. The zero-order valence-corrected chi connectivity index (χ0v) is 23.2. The van der Waals surface area contributed by atoms with Gasteiger partial charge in [-0.1, -0.05) is 32.4 Å². The highest BCUT2D eigenvalue weighted by atomic mass is 16.5. The van der Waals surface area contributed by atoms with Crippen molar-refractivity contribution < 1.29 is 23.8 Å². The van der Waals surface area contributed by atoms with Crippen LogP contribution in [0.15, 0.2) is 23.0 Å². The molecule has 5 rings (SSSR count). The van der Waals surface area contributed by atoms with Crippen molar-refractivity contribution in [2.24, 2.45) is 40.4 Å². The molecular formula is C31H46O5. The maximum atomic E-state index is 11.5. The van der Waals surface area contributed by atoms with Gasteiger partial charge in [0.2, 0.25) is 0 Å². The molecule has 3 saturated carbocycles. The van der Waals surface area contributed by atoms with Gasteiger partial charge in [0.05, 0.1) is 12.4 Å². The molecule has 9 atom stereocenters. The van der Waals surface area contributed by atoms with Crippen molar-refractivity contribution >= 4 is 11.9 Å². The van der Waals surface area contributed by atoms with Crippen molar-refractivity contribution in [3.05, 3.63) is 23.0 Å². The summed E-state index contributed by atoms with van der Waals surface area (Å²) < 4.78 is 17.5. The molecule has 0 radical (unpaired) electrons. The number of hydrogen-bond acceptors (Lipinski definition) is 5. The first kappa shape index (κ1) is 25.9. The van der Waals surface area contributed by atoms with Crippen LogP contribution in [0.25, 0.3) is 0 Å². The number of ether oxygens (including phenoxy) is 3. The average molecular weight is 499 g/mol. The fourth-order valence-electron chi connectivity index (χ4n) is 9.27. The summed E-state index contributed by atoms with van der Waals surface area (Å²) in [5.41, 5.74) is 3.62. The monoisotopic (exact) mass is 498 g/mol. The molecule has 200 valence electrons. The van der Waals surface area contributed by atoms with Gasteiger partial charge in [-0.2, -0.15) is 0 Å². The Hall–Kier alpha value is -1.78. The Bertz CT molecular complexity index is 964. The molecule has 0 amide bonds. The SMILES string of the molecule is CC(=O)OCC(C)CCC1=C(C)[C@H]2[C@H](C[C@H]3[C@@H]4CC=C5C[C@@H](OC(C)=O)CC[C@]5(C)[C@H]4CC[C@@]32C)O1. The van der Waals surface area contributed by atoms with Crippen LogP contribution in [0.1, 0.15) is 99.3 Å². The second-order valence-electron chi connectivity index (χ2n) is 13.2. The number of fused-ring (bicyclic) bond motifs is 7. The van der Waals surface area contributed by atoms with Crippen molar-refractivity contribution in [2.45, 2.75) is 112 Å². The van der Waals surface area contributed by atoms with Gasteiger partial charge in [-0.15, -0.1) is 0 Å². The van der Waals surface area contributed by atoms with E-state index in [9.17, 15) is 9.59 Å². The fraction of sp³-hybridized carbons (Fsp3) is 0.806. The van der Waals surface area contributed by atoms with Gasteiger partial charge >= 0.3 is 11.9 Å². The molecule has 36 heavy (non-hydrogen) atoms. The number of allylic oxidation sites excluding steroid dienone is 2. The first-order chi connectivity index (χ1) is 17.0. The van der Waals surface area contributed by atoms with E-state index < -0.39 is 0 Å². The Balaban J connectivity index is 1.29. The summed E-state index contributed by atoms with van der Waals surface area (Å²) >= 11 is 0. The number of esters is 2. The number of carbonyl (C=O) groups excluding carboxylic acids is 2. The summed E-state index contributed by atoms with van der Waals surface area (Å²) in [5.74, 6) is 3.93. The first-order valence-corrected chi connectivity index (χ1v) is 14.4. The van der Waals surface area contributed by atoms with Gasteiger partial charge in [-0.05, 0) is 91.9 Å². The minimum Gasteiger partial charge on any atom is -0.494 e. The van der Waals surface area contributed by atoms with Crippen molar-refractivity contribution in [3.63, 3.8) is 0 Å². The zero-order valence-electron chi connectivity index (χ0n) is 23.2. The topological polar surface area (TPSA) is 61.8 Å². The van der Waals surface area contributed by atoms with E-state index in [1.165, 1.54) is 50.9 Å². The van der Waals surface area contributed by atoms with Crippen LogP contribution in [-0.4, -0.2) is 30.8 Å². The second-order valence-corrected chi connectivity index (χ2v) is 13.2. The van der Waals surface area contributed by atoms with E-state index in [0.29, 0.717) is 35.9 Å².